The van der Waals surface area contributed by atoms with E-state index in [4.69, 9.17) is 0 Å². The van der Waals surface area contributed by atoms with Crippen molar-refractivity contribution in [3.8, 4) is 0 Å². The highest BCUT2D eigenvalue weighted by atomic mass is 16.2. The SMILES string of the molecule is CCCCN1C(=O)c2ccc(C(=O)NCc3nnc4ccccn34)cc2C1=O. The molecule has 1 aromatic carbocycles. The third-order valence-electron chi connectivity index (χ3n) is 4.76. The van der Waals surface area contributed by atoms with E-state index in [-0.39, 0.29) is 29.8 Å². The Bertz CT molecular complexity index is 1090. The number of hydrogen-bond acceptors (Lipinski definition) is 5. The lowest BCUT2D eigenvalue weighted by molar-refractivity contribution is 0.0652. The summed E-state index contributed by atoms with van der Waals surface area (Å²) < 4.78 is 1.79. The van der Waals surface area contributed by atoms with Gasteiger partial charge in [0.05, 0.1) is 17.7 Å². The molecule has 2 aromatic heterocycles. The maximum absolute atomic E-state index is 12.5. The molecule has 8 nitrogen and oxygen atoms in total. The number of imide groups is 1. The van der Waals surface area contributed by atoms with Gasteiger partial charge in [0.25, 0.3) is 17.7 Å². The monoisotopic (exact) mass is 377 g/mol. The van der Waals surface area contributed by atoms with Gasteiger partial charge in [-0.15, -0.1) is 10.2 Å². The van der Waals surface area contributed by atoms with Crippen LogP contribution >= 0.6 is 0 Å². The van der Waals surface area contributed by atoms with Crippen LogP contribution in [0.3, 0.4) is 0 Å². The van der Waals surface area contributed by atoms with Crippen LogP contribution in [-0.2, 0) is 6.54 Å². The Labute approximate surface area is 161 Å². The first-order valence-corrected chi connectivity index (χ1v) is 9.17. The first kappa shape index (κ1) is 17.8. The Morgan fingerprint density at radius 3 is 2.71 bits per heavy atom. The molecule has 0 radical (unpaired) electrons. The number of carbonyl (C=O) groups excluding carboxylic acids is 3. The second-order valence-electron chi connectivity index (χ2n) is 6.60. The van der Waals surface area contributed by atoms with Gasteiger partial charge in [-0.05, 0) is 36.8 Å². The zero-order valence-electron chi connectivity index (χ0n) is 15.4. The lowest BCUT2D eigenvalue weighted by atomic mass is 10.1. The number of benzene rings is 1. The summed E-state index contributed by atoms with van der Waals surface area (Å²) in [7, 11) is 0. The second-order valence-corrected chi connectivity index (χ2v) is 6.60. The summed E-state index contributed by atoms with van der Waals surface area (Å²) in [4.78, 5) is 38.7. The zero-order chi connectivity index (χ0) is 19.7. The molecule has 28 heavy (non-hydrogen) atoms. The van der Waals surface area contributed by atoms with E-state index in [9.17, 15) is 14.4 Å². The minimum absolute atomic E-state index is 0.191. The lowest BCUT2D eigenvalue weighted by Gasteiger charge is -2.12. The van der Waals surface area contributed by atoms with E-state index >= 15 is 0 Å². The highest BCUT2D eigenvalue weighted by molar-refractivity contribution is 6.22. The number of nitrogens with one attached hydrogen (secondary N) is 1. The summed E-state index contributed by atoms with van der Waals surface area (Å²) in [6.45, 7) is 2.58. The van der Waals surface area contributed by atoms with Crippen molar-refractivity contribution in [3.63, 3.8) is 0 Å². The molecule has 1 aliphatic rings. The topological polar surface area (TPSA) is 96.7 Å². The molecular formula is C20H19N5O3. The van der Waals surface area contributed by atoms with E-state index in [1.807, 2.05) is 31.3 Å². The molecule has 8 heteroatoms. The fourth-order valence-corrected chi connectivity index (χ4v) is 3.22. The van der Waals surface area contributed by atoms with E-state index in [1.54, 1.807) is 16.5 Å². The number of unbranched alkanes of at least 4 members (excludes halogenated alkanes) is 1. The third kappa shape index (κ3) is 3.02. The largest absolute Gasteiger partial charge is 0.345 e. The van der Waals surface area contributed by atoms with Crippen LogP contribution in [0, 0.1) is 0 Å². The molecule has 0 aliphatic carbocycles. The molecule has 0 saturated carbocycles. The minimum atomic E-state index is -0.345. The molecule has 3 aromatic rings. The molecule has 3 amide bonds. The van der Waals surface area contributed by atoms with Crippen molar-refractivity contribution in [2.45, 2.75) is 26.3 Å². The summed E-state index contributed by atoms with van der Waals surface area (Å²) in [6, 6.07) is 10.1. The Morgan fingerprint density at radius 1 is 1.07 bits per heavy atom. The van der Waals surface area contributed by atoms with Crippen molar-refractivity contribution in [1.82, 2.24) is 24.8 Å². The molecule has 0 atom stereocenters. The number of aromatic nitrogens is 3. The van der Waals surface area contributed by atoms with E-state index in [0.29, 0.717) is 29.1 Å². The van der Waals surface area contributed by atoms with Crippen LogP contribution in [0.5, 0.6) is 0 Å². The van der Waals surface area contributed by atoms with Crippen LogP contribution in [0.4, 0.5) is 0 Å². The molecule has 4 rings (SSSR count). The highest BCUT2D eigenvalue weighted by Crippen LogP contribution is 2.24. The summed E-state index contributed by atoms with van der Waals surface area (Å²) >= 11 is 0. The van der Waals surface area contributed by atoms with E-state index in [0.717, 1.165) is 12.8 Å². The first-order chi connectivity index (χ1) is 13.6. The van der Waals surface area contributed by atoms with Gasteiger partial charge >= 0.3 is 0 Å². The lowest BCUT2D eigenvalue weighted by Crippen LogP contribution is -2.30. The number of amides is 3. The van der Waals surface area contributed by atoms with Gasteiger partial charge in [0.15, 0.2) is 11.5 Å². The fourth-order valence-electron chi connectivity index (χ4n) is 3.22. The summed E-state index contributed by atoms with van der Waals surface area (Å²) in [5.41, 5.74) is 1.65. The van der Waals surface area contributed by atoms with Gasteiger partial charge in [-0.1, -0.05) is 19.4 Å². The predicted molar refractivity (Wildman–Crippen MR) is 101 cm³/mol. The average Bonchev–Trinajstić information content (AvgIpc) is 3.24. The summed E-state index contributed by atoms with van der Waals surface area (Å²) in [6.07, 6.45) is 3.46. The summed E-state index contributed by atoms with van der Waals surface area (Å²) in [5, 5.41) is 10.9. The number of fused-ring (bicyclic) bond motifs is 2. The number of carbonyl (C=O) groups is 3. The molecule has 1 N–H and O–H groups in total. The molecule has 0 spiro atoms. The van der Waals surface area contributed by atoms with Crippen molar-refractivity contribution in [3.05, 3.63) is 65.1 Å². The molecule has 1 aliphatic heterocycles. The van der Waals surface area contributed by atoms with Crippen molar-refractivity contribution in [2.24, 2.45) is 0 Å². The minimum Gasteiger partial charge on any atom is -0.345 e. The van der Waals surface area contributed by atoms with Gasteiger partial charge in [-0.3, -0.25) is 23.7 Å². The number of rotatable bonds is 6. The zero-order valence-corrected chi connectivity index (χ0v) is 15.4. The molecule has 0 saturated heterocycles. The molecule has 0 unspecified atom stereocenters. The number of nitrogens with zero attached hydrogens (tertiary/aromatic N) is 4. The van der Waals surface area contributed by atoms with Gasteiger partial charge in [0, 0.05) is 18.3 Å². The summed E-state index contributed by atoms with van der Waals surface area (Å²) in [5.74, 6) is -0.383. The predicted octanol–water partition coefficient (Wildman–Crippen LogP) is 2.06. The van der Waals surface area contributed by atoms with Crippen molar-refractivity contribution in [2.75, 3.05) is 6.54 Å². The first-order valence-electron chi connectivity index (χ1n) is 9.17. The number of hydrogen-bond donors (Lipinski definition) is 1. The van der Waals surface area contributed by atoms with E-state index in [2.05, 4.69) is 15.5 Å². The van der Waals surface area contributed by atoms with Crippen LogP contribution in [-0.4, -0.2) is 43.8 Å². The molecule has 0 bridgehead atoms. The Kier molecular flexibility index (Phi) is 4.60. The van der Waals surface area contributed by atoms with Crippen LogP contribution in [0.2, 0.25) is 0 Å². The number of pyridine rings is 1. The molecule has 142 valence electrons. The maximum atomic E-state index is 12.5. The average molecular weight is 377 g/mol. The van der Waals surface area contributed by atoms with E-state index in [1.165, 1.54) is 11.0 Å². The standard InChI is InChI=1S/C20H19N5O3/c1-2-3-9-25-19(27)14-8-7-13(11-15(14)20(25)28)18(26)21-12-17-23-22-16-6-4-5-10-24(16)17/h4-8,10-11H,2-3,9,12H2,1H3,(H,21,26). The van der Waals surface area contributed by atoms with Crippen molar-refractivity contribution in [1.29, 1.82) is 0 Å². The fraction of sp³-hybridized carbons (Fsp3) is 0.250. The smallest absolute Gasteiger partial charge is 0.261 e. The van der Waals surface area contributed by atoms with Crippen molar-refractivity contribution < 1.29 is 14.4 Å². The van der Waals surface area contributed by atoms with Gasteiger partial charge in [0.1, 0.15) is 0 Å². The van der Waals surface area contributed by atoms with Crippen LogP contribution < -0.4 is 5.32 Å². The Morgan fingerprint density at radius 2 is 1.89 bits per heavy atom. The van der Waals surface area contributed by atoms with Gasteiger partial charge in [-0.25, -0.2) is 0 Å². The highest BCUT2D eigenvalue weighted by Gasteiger charge is 2.35. The van der Waals surface area contributed by atoms with Crippen LogP contribution in [0.25, 0.3) is 5.65 Å². The normalized spacial score (nSPS) is 13.2. The van der Waals surface area contributed by atoms with Crippen molar-refractivity contribution >= 4 is 23.4 Å². The Balaban J connectivity index is 1.50. The van der Waals surface area contributed by atoms with Crippen LogP contribution in [0.15, 0.2) is 42.6 Å². The second kappa shape index (κ2) is 7.22. The quantitative estimate of drug-likeness (QED) is 0.663. The van der Waals surface area contributed by atoms with E-state index < -0.39 is 0 Å². The van der Waals surface area contributed by atoms with Gasteiger partial charge in [-0.2, -0.15) is 0 Å². The van der Waals surface area contributed by atoms with Gasteiger partial charge in [0.2, 0.25) is 0 Å². The van der Waals surface area contributed by atoms with Crippen LogP contribution in [0.1, 0.15) is 56.7 Å². The molecule has 3 heterocycles. The molecular weight excluding hydrogens is 358 g/mol. The maximum Gasteiger partial charge on any atom is 0.261 e. The molecule has 0 fully saturated rings. The third-order valence-corrected chi connectivity index (χ3v) is 4.76. The Hall–Kier alpha value is -3.55. The van der Waals surface area contributed by atoms with Gasteiger partial charge < -0.3 is 5.32 Å².